The van der Waals surface area contributed by atoms with Crippen LogP contribution in [0.25, 0.3) is 0 Å². The molecule has 0 aliphatic carbocycles. The highest BCUT2D eigenvalue weighted by Gasteiger charge is 1.92. The van der Waals surface area contributed by atoms with Crippen LogP contribution in [0.4, 0.5) is 0 Å². The van der Waals surface area contributed by atoms with Gasteiger partial charge in [-0.2, -0.15) is 11.8 Å². The van der Waals surface area contributed by atoms with Gasteiger partial charge in [0.1, 0.15) is 0 Å². The fraction of sp³-hybridized carbons (Fsp3) is 0.600. The Morgan fingerprint density at radius 2 is 2.29 bits per heavy atom. The van der Waals surface area contributed by atoms with Crippen LogP contribution in [0.5, 0.6) is 0 Å². The van der Waals surface area contributed by atoms with Gasteiger partial charge in [0.15, 0.2) is 0 Å². The molecular formula is C10H17N3S. The number of aromatic nitrogens is 2. The molecule has 0 amide bonds. The second kappa shape index (κ2) is 7.76. The maximum Gasteiger partial charge on any atom is 0.0724 e. The quantitative estimate of drug-likeness (QED) is 0.697. The molecule has 0 atom stereocenters. The Morgan fingerprint density at radius 3 is 3.00 bits per heavy atom. The van der Waals surface area contributed by atoms with Crippen molar-refractivity contribution in [1.82, 2.24) is 15.3 Å². The Morgan fingerprint density at radius 1 is 1.36 bits per heavy atom. The molecule has 78 valence electrons. The van der Waals surface area contributed by atoms with Crippen LogP contribution in [0, 0.1) is 0 Å². The first kappa shape index (κ1) is 11.5. The molecular weight excluding hydrogens is 194 g/mol. The van der Waals surface area contributed by atoms with E-state index in [1.807, 2.05) is 11.8 Å². The number of nitrogens with zero attached hydrogens (tertiary/aromatic N) is 2. The molecule has 0 bridgehead atoms. The van der Waals surface area contributed by atoms with Gasteiger partial charge < -0.3 is 5.32 Å². The zero-order valence-electron chi connectivity index (χ0n) is 8.57. The lowest BCUT2D eigenvalue weighted by atomic mass is 10.3. The van der Waals surface area contributed by atoms with Gasteiger partial charge in [0.25, 0.3) is 0 Å². The van der Waals surface area contributed by atoms with Crippen LogP contribution in [-0.2, 0) is 6.54 Å². The number of rotatable bonds is 7. The fourth-order valence-corrected chi connectivity index (χ4v) is 1.63. The van der Waals surface area contributed by atoms with Crippen molar-refractivity contribution >= 4 is 11.8 Å². The molecule has 1 rings (SSSR count). The van der Waals surface area contributed by atoms with Gasteiger partial charge in [0, 0.05) is 25.1 Å². The standard InChI is InChI=1S/C10H17N3S/c1-14-7-3-2-4-11-8-10-9-12-5-6-13-10/h5-6,9,11H,2-4,7-8H2,1H3. The van der Waals surface area contributed by atoms with Crippen molar-refractivity contribution in [2.45, 2.75) is 19.4 Å². The highest BCUT2D eigenvalue weighted by Crippen LogP contribution is 1.98. The summed E-state index contributed by atoms with van der Waals surface area (Å²) in [5.74, 6) is 1.26. The Kier molecular flexibility index (Phi) is 6.36. The van der Waals surface area contributed by atoms with Crippen molar-refractivity contribution in [3.63, 3.8) is 0 Å². The first-order valence-electron chi connectivity index (χ1n) is 4.88. The Balaban J connectivity index is 1.99. The van der Waals surface area contributed by atoms with Crippen LogP contribution >= 0.6 is 11.8 Å². The van der Waals surface area contributed by atoms with Crippen LogP contribution in [-0.4, -0.2) is 28.5 Å². The van der Waals surface area contributed by atoms with E-state index >= 15 is 0 Å². The molecule has 0 saturated heterocycles. The molecule has 0 aromatic carbocycles. The predicted molar refractivity (Wildman–Crippen MR) is 61.4 cm³/mol. The lowest BCUT2D eigenvalue weighted by Crippen LogP contribution is -2.15. The molecule has 0 radical (unpaired) electrons. The molecule has 3 nitrogen and oxygen atoms in total. The van der Waals surface area contributed by atoms with E-state index in [0.29, 0.717) is 0 Å². The molecule has 1 heterocycles. The molecule has 14 heavy (non-hydrogen) atoms. The molecule has 4 heteroatoms. The number of hydrogen-bond acceptors (Lipinski definition) is 4. The van der Waals surface area contributed by atoms with Crippen molar-refractivity contribution in [2.75, 3.05) is 18.6 Å². The summed E-state index contributed by atoms with van der Waals surface area (Å²) in [6, 6.07) is 0. The van der Waals surface area contributed by atoms with Gasteiger partial charge >= 0.3 is 0 Å². The summed E-state index contributed by atoms with van der Waals surface area (Å²) >= 11 is 1.91. The predicted octanol–water partition coefficient (Wildman–Crippen LogP) is 1.71. The maximum absolute atomic E-state index is 4.18. The molecule has 0 saturated carbocycles. The summed E-state index contributed by atoms with van der Waals surface area (Å²) in [5.41, 5.74) is 1.01. The molecule has 0 unspecified atom stereocenters. The summed E-state index contributed by atoms with van der Waals surface area (Å²) in [4.78, 5) is 8.19. The van der Waals surface area contributed by atoms with Gasteiger partial charge in [-0.1, -0.05) is 0 Å². The highest BCUT2D eigenvalue weighted by atomic mass is 32.2. The number of unbranched alkanes of at least 4 members (excludes halogenated alkanes) is 1. The van der Waals surface area contributed by atoms with E-state index in [9.17, 15) is 0 Å². The van der Waals surface area contributed by atoms with E-state index in [-0.39, 0.29) is 0 Å². The molecule has 1 aromatic rings. The van der Waals surface area contributed by atoms with Crippen molar-refractivity contribution in [3.8, 4) is 0 Å². The SMILES string of the molecule is CSCCCCNCc1cnccn1. The van der Waals surface area contributed by atoms with Crippen molar-refractivity contribution in [3.05, 3.63) is 24.3 Å². The third kappa shape index (κ3) is 5.19. The van der Waals surface area contributed by atoms with Crippen molar-refractivity contribution in [1.29, 1.82) is 0 Å². The van der Waals surface area contributed by atoms with Gasteiger partial charge in [-0.3, -0.25) is 9.97 Å². The molecule has 0 aliphatic heterocycles. The average molecular weight is 211 g/mol. The number of thioether (sulfide) groups is 1. The van der Waals surface area contributed by atoms with Gasteiger partial charge in [0.05, 0.1) is 5.69 Å². The number of nitrogens with one attached hydrogen (secondary N) is 1. The average Bonchev–Trinajstić information content (AvgIpc) is 2.25. The van der Waals surface area contributed by atoms with E-state index in [0.717, 1.165) is 18.8 Å². The van der Waals surface area contributed by atoms with E-state index in [1.54, 1.807) is 18.6 Å². The van der Waals surface area contributed by atoms with E-state index in [4.69, 9.17) is 0 Å². The first-order chi connectivity index (χ1) is 6.93. The Labute approximate surface area is 89.7 Å². The maximum atomic E-state index is 4.18. The topological polar surface area (TPSA) is 37.8 Å². The second-order valence-electron chi connectivity index (χ2n) is 3.07. The third-order valence-corrected chi connectivity index (χ3v) is 2.57. The summed E-state index contributed by atoms with van der Waals surface area (Å²) in [6.07, 6.45) is 9.89. The molecule has 0 spiro atoms. The van der Waals surface area contributed by atoms with Gasteiger partial charge in [-0.05, 0) is 31.4 Å². The summed E-state index contributed by atoms with van der Waals surface area (Å²) in [7, 11) is 0. The molecule has 1 aromatic heterocycles. The molecule has 1 N–H and O–H groups in total. The smallest absolute Gasteiger partial charge is 0.0724 e. The monoisotopic (exact) mass is 211 g/mol. The largest absolute Gasteiger partial charge is 0.311 e. The van der Waals surface area contributed by atoms with Gasteiger partial charge in [-0.15, -0.1) is 0 Å². The van der Waals surface area contributed by atoms with Crippen LogP contribution in [0.1, 0.15) is 18.5 Å². The van der Waals surface area contributed by atoms with E-state index < -0.39 is 0 Å². The van der Waals surface area contributed by atoms with E-state index in [2.05, 4.69) is 21.5 Å². The van der Waals surface area contributed by atoms with Gasteiger partial charge in [-0.25, -0.2) is 0 Å². The normalized spacial score (nSPS) is 10.4. The lowest BCUT2D eigenvalue weighted by Gasteiger charge is -2.02. The molecule has 0 fully saturated rings. The van der Waals surface area contributed by atoms with Crippen molar-refractivity contribution in [2.24, 2.45) is 0 Å². The second-order valence-corrected chi connectivity index (χ2v) is 4.06. The summed E-state index contributed by atoms with van der Waals surface area (Å²) < 4.78 is 0. The van der Waals surface area contributed by atoms with Gasteiger partial charge in [0.2, 0.25) is 0 Å². The Bertz CT molecular complexity index is 228. The summed E-state index contributed by atoms with van der Waals surface area (Å²) in [6.45, 7) is 1.89. The summed E-state index contributed by atoms with van der Waals surface area (Å²) in [5, 5.41) is 3.35. The fourth-order valence-electron chi connectivity index (χ4n) is 1.13. The lowest BCUT2D eigenvalue weighted by molar-refractivity contribution is 0.634. The van der Waals surface area contributed by atoms with Crippen LogP contribution in [0.3, 0.4) is 0 Å². The number of hydrogen-bond donors (Lipinski definition) is 1. The van der Waals surface area contributed by atoms with Crippen molar-refractivity contribution < 1.29 is 0 Å². The Hall–Kier alpha value is -0.610. The zero-order valence-corrected chi connectivity index (χ0v) is 9.39. The van der Waals surface area contributed by atoms with Crippen LogP contribution in [0.15, 0.2) is 18.6 Å². The first-order valence-corrected chi connectivity index (χ1v) is 6.27. The minimum Gasteiger partial charge on any atom is -0.311 e. The molecule has 0 aliphatic rings. The van der Waals surface area contributed by atoms with E-state index in [1.165, 1.54) is 18.6 Å². The van der Waals surface area contributed by atoms with Crippen LogP contribution in [0.2, 0.25) is 0 Å². The third-order valence-electron chi connectivity index (χ3n) is 1.87. The highest BCUT2D eigenvalue weighted by molar-refractivity contribution is 7.98. The zero-order chi connectivity index (χ0) is 10.1. The van der Waals surface area contributed by atoms with Crippen LogP contribution < -0.4 is 5.32 Å². The minimum atomic E-state index is 0.826. The minimum absolute atomic E-state index is 0.826.